The molecule has 0 rings (SSSR count). The Balaban J connectivity index is 4.23. The molecule has 0 saturated heterocycles. The molecule has 0 radical (unpaired) electrons. The van der Waals surface area contributed by atoms with Gasteiger partial charge in [0.25, 0.3) is 0 Å². The van der Waals surface area contributed by atoms with E-state index in [-0.39, 0.29) is 31.1 Å². The zero-order valence-electron chi connectivity index (χ0n) is 36.5. The highest BCUT2D eigenvalue weighted by atomic mass is 16.6. The maximum atomic E-state index is 12.7. The summed E-state index contributed by atoms with van der Waals surface area (Å²) in [4.78, 5) is 37.7. The van der Waals surface area contributed by atoms with E-state index in [2.05, 4.69) is 20.8 Å². The molecule has 6 nitrogen and oxygen atoms in total. The average molecular weight is 765 g/mol. The molecule has 0 aromatic carbocycles. The topological polar surface area (TPSA) is 78.9 Å². The number of hydrogen-bond donors (Lipinski definition) is 0. The Hall–Kier alpha value is -1.59. The molecule has 0 amide bonds. The third-order valence-electron chi connectivity index (χ3n) is 10.9. The molecule has 0 heterocycles. The average Bonchev–Trinajstić information content (AvgIpc) is 3.17. The van der Waals surface area contributed by atoms with E-state index in [1.54, 1.807) is 0 Å². The van der Waals surface area contributed by atoms with Gasteiger partial charge in [0.1, 0.15) is 13.2 Å². The fourth-order valence-corrected chi connectivity index (χ4v) is 7.21. The summed E-state index contributed by atoms with van der Waals surface area (Å²) < 4.78 is 16.7. The van der Waals surface area contributed by atoms with Gasteiger partial charge in [-0.3, -0.25) is 14.4 Å². The number of rotatable bonds is 44. The van der Waals surface area contributed by atoms with Gasteiger partial charge in [-0.2, -0.15) is 0 Å². The first-order chi connectivity index (χ1) is 26.5. The van der Waals surface area contributed by atoms with Crippen LogP contribution >= 0.6 is 0 Å². The normalized spacial score (nSPS) is 11.8. The van der Waals surface area contributed by atoms with Gasteiger partial charge in [-0.1, -0.05) is 233 Å². The first kappa shape index (κ1) is 52.4. The number of ether oxygens (including phenoxy) is 3. The van der Waals surface area contributed by atoms with Gasteiger partial charge in [0.2, 0.25) is 0 Å². The molecule has 320 valence electrons. The number of hydrogen-bond acceptors (Lipinski definition) is 6. The summed E-state index contributed by atoms with van der Waals surface area (Å²) in [5.41, 5.74) is 0. The molecule has 0 aromatic rings. The van der Waals surface area contributed by atoms with Gasteiger partial charge in [-0.05, 0) is 19.3 Å². The molecule has 0 aliphatic heterocycles. The van der Waals surface area contributed by atoms with E-state index >= 15 is 0 Å². The lowest BCUT2D eigenvalue weighted by Gasteiger charge is -2.18. The fraction of sp³-hybridized carbons (Fsp3) is 0.938. The molecule has 0 spiro atoms. The van der Waals surface area contributed by atoms with Crippen LogP contribution in [0.4, 0.5) is 0 Å². The molecular formula is C48H92O6. The lowest BCUT2D eigenvalue weighted by molar-refractivity contribution is -0.167. The van der Waals surface area contributed by atoms with Gasteiger partial charge in [0.05, 0.1) is 0 Å². The molecule has 0 saturated carbocycles. The van der Waals surface area contributed by atoms with Gasteiger partial charge in [-0.15, -0.1) is 0 Å². The zero-order chi connectivity index (χ0) is 39.4. The summed E-state index contributed by atoms with van der Waals surface area (Å²) in [6, 6.07) is 0. The quantitative estimate of drug-likeness (QED) is 0.0349. The number of esters is 3. The molecule has 0 bridgehead atoms. The minimum atomic E-state index is -0.757. The third kappa shape index (κ3) is 41.6. The Labute approximate surface area is 336 Å². The minimum Gasteiger partial charge on any atom is -0.462 e. The summed E-state index contributed by atoms with van der Waals surface area (Å²) in [5, 5.41) is 0. The lowest BCUT2D eigenvalue weighted by Crippen LogP contribution is -2.30. The van der Waals surface area contributed by atoms with E-state index in [4.69, 9.17) is 14.2 Å². The standard InChI is InChI=1S/C48H92O6/c1-4-7-10-13-16-18-20-22-24-26-28-30-33-36-39-42-48(51)54-45(43-52-46(49)40-37-34-31-15-12-9-6-3)44-53-47(50)41-38-35-32-29-27-25-23-21-19-17-14-11-8-5-2/h45H,4-44H2,1-3H3/t45-/m0/s1. The van der Waals surface area contributed by atoms with Crippen molar-refractivity contribution in [1.29, 1.82) is 0 Å². The van der Waals surface area contributed by atoms with Crippen molar-refractivity contribution in [2.24, 2.45) is 0 Å². The van der Waals surface area contributed by atoms with Crippen LogP contribution in [0.15, 0.2) is 0 Å². The van der Waals surface area contributed by atoms with Crippen LogP contribution in [0.25, 0.3) is 0 Å². The summed E-state index contributed by atoms with van der Waals surface area (Å²) in [6.45, 7) is 6.63. The second-order valence-electron chi connectivity index (χ2n) is 16.4. The molecule has 0 fully saturated rings. The van der Waals surface area contributed by atoms with Crippen LogP contribution in [0.3, 0.4) is 0 Å². The van der Waals surface area contributed by atoms with Gasteiger partial charge in [0.15, 0.2) is 6.10 Å². The highest BCUT2D eigenvalue weighted by Gasteiger charge is 2.19. The second kappa shape index (κ2) is 44.1. The molecule has 54 heavy (non-hydrogen) atoms. The Morgan fingerprint density at radius 1 is 0.296 bits per heavy atom. The Kier molecular flexibility index (Phi) is 42.8. The van der Waals surface area contributed by atoms with Crippen molar-refractivity contribution < 1.29 is 28.6 Å². The summed E-state index contributed by atoms with van der Waals surface area (Å²) in [6.07, 6.45) is 45.2. The first-order valence-electron chi connectivity index (χ1n) is 24.0. The van der Waals surface area contributed by atoms with Crippen molar-refractivity contribution in [1.82, 2.24) is 0 Å². The summed E-state index contributed by atoms with van der Waals surface area (Å²) >= 11 is 0. The number of unbranched alkanes of at least 4 members (excludes halogenated alkanes) is 33. The van der Waals surface area contributed by atoms with Crippen LogP contribution < -0.4 is 0 Å². The predicted octanol–water partition coefficient (Wildman–Crippen LogP) is 15.3. The predicted molar refractivity (Wildman–Crippen MR) is 229 cm³/mol. The fourth-order valence-electron chi connectivity index (χ4n) is 7.21. The van der Waals surface area contributed by atoms with E-state index in [1.807, 2.05) is 0 Å². The smallest absolute Gasteiger partial charge is 0.306 e. The molecule has 0 N–H and O–H groups in total. The molecular weight excluding hydrogens is 673 g/mol. The summed E-state index contributed by atoms with van der Waals surface area (Å²) in [7, 11) is 0. The maximum Gasteiger partial charge on any atom is 0.306 e. The van der Waals surface area contributed by atoms with Crippen LogP contribution in [0.5, 0.6) is 0 Å². The Morgan fingerprint density at radius 2 is 0.500 bits per heavy atom. The monoisotopic (exact) mass is 765 g/mol. The lowest BCUT2D eigenvalue weighted by atomic mass is 10.0. The van der Waals surface area contributed by atoms with Gasteiger partial charge >= 0.3 is 17.9 Å². The number of carbonyl (C=O) groups is 3. The van der Waals surface area contributed by atoms with Crippen molar-refractivity contribution in [2.75, 3.05) is 13.2 Å². The first-order valence-corrected chi connectivity index (χ1v) is 24.0. The molecule has 0 aromatic heterocycles. The van der Waals surface area contributed by atoms with Gasteiger partial charge in [0, 0.05) is 19.3 Å². The number of carbonyl (C=O) groups excluding carboxylic acids is 3. The van der Waals surface area contributed by atoms with E-state index in [0.717, 1.165) is 57.8 Å². The molecule has 0 unspecified atom stereocenters. The van der Waals surface area contributed by atoms with E-state index in [0.29, 0.717) is 19.3 Å². The zero-order valence-corrected chi connectivity index (χ0v) is 36.5. The highest BCUT2D eigenvalue weighted by molar-refractivity contribution is 5.71. The van der Waals surface area contributed by atoms with Crippen LogP contribution in [-0.2, 0) is 28.6 Å². The maximum absolute atomic E-state index is 12.7. The molecule has 0 aliphatic carbocycles. The minimum absolute atomic E-state index is 0.0628. The van der Waals surface area contributed by atoms with Crippen molar-refractivity contribution in [2.45, 2.75) is 277 Å². The Morgan fingerprint density at radius 3 is 0.741 bits per heavy atom. The van der Waals surface area contributed by atoms with Crippen molar-refractivity contribution in [3.63, 3.8) is 0 Å². The van der Waals surface area contributed by atoms with E-state index in [9.17, 15) is 14.4 Å². The van der Waals surface area contributed by atoms with Gasteiger partial charge < -0.3 is 14.2 Å². The van der Waals surface area contributed by atoms with Crippen LogP contribution in [0.1, 0.15) is 271 Å². The Bertz CT molecular complexity index is 798. The molecule has 6 heteroatoms. The largest absolute Gasteiger partial charge is 0.462 e. The van der Waals surface area contributed by atoms with Gasteiger partial charge in [-0.25, -0.2) is 0 Å². The highest BCUT2D eigenvalue weighted by Crippen LogP contribution is 2.16. The van der Waals surface area contributed by atoms with Crippen LogP contribution in [0, 0.1) is 0 Å². The molecule has 0 aliphatic rings. The third-order valence-corrected chi connectivity index (χ3v) is 10.9. The van der Waals surface area contributed by atoms with Crippen molar-refractivity contribution >= 4 is 17.9 Å². The summed E-state index contributed by atoms with van der Waals surface area (Å²) in [5.74, 6) is -0.853. The van der Waals surface area contributed by atoms with Crippen molar-refractivity contribution in [3.05, 3.63) is 0 Å². The molecule has 1 atom stereocenters. The van der Waals surface area contributed by atoms with Crippen LogP contribution in [-0.4, -0.2) is 37.2 Å². The van der Waals surface area contributed by atoms with E-state index < -0.39 is 6.10 Å². The SMILES string of the molecule is CCCCCCCCCCCCCCCCCC(=O)O[C@@H](COC(=O)CCCCCCCCC)COC(=O)CCCCCCCCCCCCCCCC. The van der Waals surface area contributed by atoms with E-state index in [1.165, 1.54) is 173 Å². The van der Waals surface area contributed by atoms with Crippen molar-refractivity contribution in [3.8, 4) is 0 Å². The van der Waals surface area contributed by atoms with Crippen LogP contribution in [0.2, 0.25) is 0 Å². The second-order valence-corrected chi connectivity index (χ2v) is 16.4.